The molecule has 4 nitrogen and oxygen atoms in total. The molecule has 0 aromatic carbocycles. The van der Waals surface area contributed by atoms with Gasteiger partial charge in [0.15, 0.2) is 0 Å². The van der Waals surface area contributed by atoms with E-state index in [-0.39, 0.29) is 28.6 Å². The number of hydrogen-bond donors (Lipinski definition) is 1. The smallest absolute Gasteiger partial charge is 0.256 e. The summed E-state index contributed by atoms with van der Waals surface area (Å²) in [6.45, 7) is 15.2. The van der Waals surface area contributed by atoms with Gasteiger partial charge in [0.05, 0.1) is 5.56 Å². The third-order valence-electron chi connectivity index (χ3n) is 6.02. The summed E-state index contributed by atoms with van der Waals surface area (Å²) in [5.41, 5.74) is 1.60. The van der Waals surface area contributed by atoms with E-state index in [1.54, 1.807) is 4.90 Å². The van der Waals surface area contributed by atoms with E-state index >= 15 is 0 Å². The Morgan fingerprint density at radius 2 is 1.71 bits per heavy atom. The molecule has 2 amide bonds. The molecule has 0 bridgehead atoms. The van der Waals surface area contributed by atoms with E-state index in [0.717, 1.165) is 16.9 Å². The second kappa shape index (κ2) is 6.17. The van der Waals surface area contributed by atoms with Crippen molar-refractivity contribution in [3.05, 3.63) is 16.0 Å². The van der Waals surface area contributed by atoms with Crippen molar-refractivity contribution in [2.75, 3.05) is 18.9 Å². The van der Waals surface area contributed by atoms with Gasteiger partial charge in [-0.15, -0.1) is 11.3 Å². The van der Waals surface area contributed by atoms with Crippen molar-refractivity contribution in [2.24, 2.45) is 16.7 Å². The maximum absolute atomic E-state index is 12.8. The van der Waals surface area contributed by atoms with Crippen LogP contribution >= 0.6 is 11.3 Å². The minimum Gasteiger partial charge on any atom is -0.342 e. The van der Waals surface area contributed by atoms with Gasteiger partial charge in [0.1, 0.15) is 5.00 Å². The van der Waals surface area contributed by atoms with Crippen molar-refractivity contribution < 1.29 is 9.59 Å². The molecule has 0 atom stereocenters. The molecule has 1 aliphatic carbocycles. The molecule has 0 saturated heterocycles. The van der Waals surface area contributed by atoms with Crippen LogP contribution < -0.4 is 5.32 Å². The quantitative estimate of drug-likeness (QED) is 0.852. The highest BCUT2D eigenvalue weighted by Crippen LogP contribution is 2.68. The van der Waals surface area contributed by atoms with Crippen LogP contribution in [0.1, 0.15) is 61.8 Å². The summed E-state index contributed by atoms with van der Waals surface area (Å²) >= 11 is 1.50. The van der Waals surface area contributed by atoms with Crippen LogP contribution in [-0.4, -0.2) is 30.3 Å². The van der Waals surface area contributed by atoms with Crippen LogP contribution in [0.2, 0.25) is 0 Å². The first kappa shape index (κ1) is 19.0. The highest BCUT2D eigenvalue weighted by Gasteiger charge is 2.68. The van der Waals surface area contributed by atoms with Crippen molar-refractivity contribution in [1.82, 2.24) is 4.90 Å². The van der Waals surface area contributed by atoms with E-state index in [1.165, 1.54) is 11.3 Å². The number of amides is 2. The first-order chi connectivity index (χ1) is 11.0. The highest BCUT2D eigenvalue weighted by molar-refractivity contribution is 7.16. The van der Waals surface area contributed by atoms with Gasteiger partial charge in [-0.3, -0.25) is 9.59 Å². The Balaban J connectivity index is 2.28. The zero-order valence-electron chi connectivity index (χ0n) is 16.2. The molecule has 2 rings (SSSR count). The number of nitrogens with one attached hydrogen (secondary N) is 1. The van der Waals surface area contributed by atoms with Crippen molar-refractivity contribution >= 4 is 28.2 Å². The predicted octanol–water partition coefficient (Wildman–Crippen LogP) is 4.47. The summed E-state index contributed by atoms with van der Waals surface area (Å²) < 4.78 is 0. The van der Waals surface area contributed by atoms with Crippen LogP contribution in [-0.2, 0) is 4.79 Å². The molecule has 1 saturated carbocycles. The average molecular weight is 351 g/mol. The Morgan fingerprint density at radius 1 is 1.17 bits per heavy atom. The summed E-state index contributed by atoms with van der Waals surface area (Å²) in [6, 6.07) is 0. The highest BCUT2D eigenvalue weighted by atomic mass is 32.1. The second-order valence-corrected chi connectivity index (χ2v) is 9.30. The SMILES string of the molecule is CCCN(C)C(=O)c1c(NC(=O)C2C(C)(C)C2(C)C)sc(C)c1C. The molecule has 134 valence electrons. The van der Waals surface area contributed by atoms with E-state index in [4.69, 9.17) is 0 Å². The number of nitrogens with zero attached hydrogens (tertiary/aromatic N) is 1. The number of hydrogen-bond acceptors (Lipinski definition) is 3. The lowest BCUT2D eigenvalue weighted by molar-refractivity contribution is -0.118. The van der Waals surface area contributed by atoms with Gasteiger partial charge in [-0.05, 0) is 36.7 Å². The first-order valence-corrected chi connectivity index (χ1v) is 9.44. The number of rotatable bonds is 5. The first-order valence-electron chi connectivity index (χ1n) is 8.63. The van der Waals surface area contributed by atoms with Crippen molar-refractivity contribution in [1.29, 1.82) is 0 Å². The summed E-state index contributed by atoms with van der Waals surface area (Å²) in [4.78, 5) is 28.4. The largest absolute Gasteiger partial charge is 0.342 e. The Kier molecular flexibility index (Phi) is 4.88. The number of aryl methyl sites for hydroxylation is 1. The van der Waals surface area contributed by atoms with E-state index in [9.17, 15) is 9.59 Å². The molecule has 0 unspecified atom stereocenters. The van der Waals surface area contributed by atoms with E-state index < -0.39 is 0 Å². The van der Waals surface area contributed by atoms with Gasteiger partial charge >= 0.3 is 0 Å². The molecule has 1 fully saturated rings. The monoisotopic (exact) mass is 350 g/mol. The van der Waals surface area contributed by atoms with Crippen LogP contribution in [0.15, 0.2) is 0 Å². The normalized spacial score (nSPS) is 18.3. The van der Waals surface area contributed by atoms with E-state index in [2.05, 4.69) is 39.9 Å². The Morgan fingerprint density at radius 3 is 2.17 bits per heavy atom. The van der Waals surface area contributed by atoms with Crippen LogP contribution in [0.5, 0.6) is 0 Å². The standard InChI is InChI=1S/C19H30N2O2S/c1-9-10-21(8)17(23)13-11(2)12(3)24-16(13)20-15(22)14-18(4,5)19(14,6)7/h14H,9-10H2,1-8H3,(H,20,22). The van der Waals surface area contributed by atoms with Gasteiger partial charge < -0.3 is 10.2 Å². The van der Waals surface area contributed by atoms with Crippen LogP contribution in [0.25, 0.3) is 0 Å². The Bertz CT molecular complexity index is 659. The number of carbonyl (C=O) groups is 2. The molecule has 0 radical (unpaired) electrons. The molecule has 1 aliphatic rings. The maximum Gasteiger partial charge on any atom is 0.256 e. The summed E-state index contributed by atoms with van der Waals surface area (Å²) in [5, 5.41) is 3.75. The number of thiophene rings is 1. The second-order valence-electron chi connectivity index (χ2n) is 8.08. The molecule has 24 heavy (non-hydrogen) atoms. The summed E-state index contributed by atoms with van der Waals surface area (Å²) in [7, 11) is 1.82. The summed E-state index contributed by atoms with van der Waals surface area (Å²) in [5.74, 6) is -0.00852. The minimum atomic E-state index is -0.0240. The zero-order valence-corrected chi connectivity index (χ0v) is 17.0. The molecule has 1 heterocycles. The van der Waals surface area contributed by atoms with Gasteiger partial charge in [-0.2, -0.15) is 0 Å². The van der Waals surface area contributed by atoms with Crippen LogP contribution in [0, 0.1) is 30.6 Å². The average Bonchev–Trinajstić information content (AvgIpc) is 2.70. The Hall–Kier alpha value is -1.36. The third kappa shape index (κ3) is 2.87. The fourth-order valence-corrected chi connectivity index (χ4v) is 4.69. The van der Waals surface area contributed by atoms with Gasteiger partial charge in [0.2, 0.25) is 5.91 Å². The topological polar surface area (TPSA) is 49.4 Å². The maximum atomic E-state index is 12.8. The van der Waals surface area contributed by atoms with E-state index in [1.807, 2.05) is 20.9 Å². The predicted molar refractivity (Wildman–Crippen MR) is 101 cm³/mol. The minimum absolute atomic E-state index is 0.0108. The lowest BCUT2D eigenvalue weighted by atomic mass is 10.0. The van der Waals surface area contributed by atoms with Crippen molar-refractivity contribution in [3.63, 3.8) is 0 Å². The molecular weight excluding hydrogens is 320 g/mol. The Labute approximate surface area is 149 Å². The zero-order chi connectivity index (χ0) is 18.4. The molecule has 1 N–H and O–H groups in total. The van der Waals surface area contributed by atoms with Crippen LogP contribution in [0.4, 0.5) is 5.00 Å². The van der Waals surface area contributed by atoms with Gasteiger partial charge in [-0.1, -0.05) is 34.6 Å². The molecule has 0 spiro atoms. The molecule has 5 heteroatoms. The fourth-order valence-electron chi connectivity index (χ4n) is 3.64. The van der Waals surface area contributed by atoms with Gasteiger partial charge in [0, 0.05) is 24.4 Å². The van der Waals surface area contributed by atoms with Crippen molar-refractivity contribution in [2.45, 2.75) is 54.9 Å². The van der Waals surface area contributed by atoms with E-state index in [0.29, 0.717) is 17.1 Å². The van der Waals surface area contributed by atoms with Gasteiger partial charge in [0.25, 0.3) is 5.91 Å². The lowest BCUT2D eigenvalue weighted by Gasteiger charge is -2.17. The number of carbonyl (C=O) groups excluding carboxylic acids is 2. The molecular formula is C19H30N2O2S. The molecule has 0 aliphatic heterocycles. The summed E-state index contributed by atoms with van der Waals surface area (Å²) in [6.07, 6.45) is 0.913. The fraction of sp³-hybridized carbons (Fsp3) is 0.684. The van der Waals surface area contributed by atoms with Gasteiger partial charge in [-0.25, -0.2) is 0 Å². The molecule has 1 aromatic rings. The van der Waals surface area contributed by atoms with Crippen molar-refractivity contribution in [3.8, 4) is 0 Å². The number of anilines is 1. The molecule has 1 aromatic heterocycles. The third-order valence-corrected chi connectivity index (χ3v) is 7.15. The lowest BCUT2D eigenvalue weighted by Crippen LogP contribution is -2.29. The van der Waals surface area contributed by atoms with Crippen LogP contribution in [0.3, 0.4) is 0 Å².